The summed E-state index contributed by atoms with van der Waals surface area (Å²) in [7, 11) is 1.74. The number of methoxy groups -OCH3 is 1. The van der Waals surface area contributed by atoms with Crippen molar-refractivity contribution in [2.75, 3.05) is 56.3 Å². The van der Waals surface area contributed by atoms with Gasteiger partial charge in [-0.3, -0.25) is 0 Å². The second-order valence-electron chi connectivity index (χ2n) is 7.64. The van der Waals surface area contributed by atoms with Gasteiger partial charge in [0.1, 0.15) is 5.82 Å². The predicted molar refractivity (Wildman–Crippen MR) is 100 cm³/mol. The highest BCUT2D eigenvalue weighted by Crippen LogP contribution is 2.36. The van der Waals surface area contributed by atoms with Crippen molar-refractivity contribution >= 4 is 11.8 Å². The van der Waals surface area contributed by atoms with Crippen LogP contribution < -0.4 is 9.80 Å². The Morgan fingerprint density at radius 3 is 2.64 bits per heavy atom. The Morgan fingerprint density at radius 2 is 1.92 bits per heavy atom. The highest BCUT2D eigenvalue weighted by molar-refractivity contribution is 5.47. The lowest BCUT2D eigenvalue weighted by molar-refractivity contribution is 0.0820. The van der Waals surface area contributed by atoms with Gasteiger partial charge < -0.3 is 19.6 Å². The quantitative estimate of drug-likeness (QED) is 0.764. The molecule has 6 nitrogen and oxygen atoms in total. The molecule has 1 atom stereocenters. The van der Waals surface area contributed by atoms with E-state index in [4.69, 9.17) is 9.72 Å². The Labute approximate surface area is 151 Å². The molecule has 140 valence electrons. The number of aromatic nitrogens is 2. The summed E-state index contributed by atoms with van der Waals surface area (Å²) in [5.74, 6) is 1.88. The third kappa shape index (κ3) is 4.42. The minimum atomic E-state index is -0.0383. The lowest BCUT2D eigenvalue weighted by Gasteiger charge is -2.42. The minimum Gasteiger partial charge on any atom is -0.396 e. The molecule has 1 N–H and O–H groups in total. The molecule has 2 aliphatic heterocycles. The fraction of sp³-hybridized carbons (Fsp3) is 0.789. The summed E-state index contributed by atoms with van der Waals surface area (Å²) in [4.78, 5) is 14.2. The molecule has 0 bridgehead atoms. The van der Waals surface area contributed by atoms with Crippen molar-refractivity contribution in [3.63, 3.8) is 0 Å². The summed E-state index contributed by atoms with van der Waals surface area (Å²) in [5, 5.41) is 10.1. The van der Waals surface area contributed by atoms with Gasteiger partial charge in [0.05, 0.1) is 6.61 Å². The molecule has 0 amide bonds. The summed E-state index contributed by atoms with van der Waals surface area (Å²) in [6, 6.07) is 2.09. The van der Waals surface area contributed by atoms with Crippen LogP contribution in [0.25, 0.3) is 0 Å². The van der Waals surface area contributed by atoms with Crippen LogP contribution in [0.4, 0.5) is 11.8 Å². The average Bonchev–Trinajstić information content (AvgIpc) is 3.16. The van der Waals surface area contributed by atoms with Crippen LogP contribution >= 0.6 is 0 Å². The van der Waals surface area contributed by atoms with E-state index >= 15 is 0 Å². The maximum absolute atomic E-state index is 10.1. The van der Waals surface area contributed by atoms with Gasteiger partial charge in [-0.15, -0.1) is 0 Å². The first-order valence-corrected chi connectivity index (χ1v) is 9.61. The number of rotatable bonds is 7. The van der Waals surface area contributed by atoms with Gasteiger partial charge in [-0.05, 0) is 45.4 Å². The number of ether oxygens (including phenoxy) is 1. The zero-order chi connectivity index (χ0) is 17.7. The van der Waals surface area contributed by atoms with Crippen molar-refractivity contribution in [1.82, 2.24) is 9.97 Å². The van der Waals surface area contributed by atoms with Crippen molar-refractivity contribution in [2.24, 2.45) is 5.41 Å². The van der Waals surface area contributed by atoms with E-state index in [2.05, 4.69) is 20.9 Å². The Hall–Kier alpha value is -1.40. The molecular formula is C19H32N4O2. The topological polar surface area (TPSA) is 61.7 Å². The Balaban J connectivity index is 1.76. The number of piperidine rings is 1. The van der Waals surface area contributed by atoms with Crippen LogP contribution in [0, 0.1) is 12.3 Å². The second kappa shape index (κ2) is 8.32. The molecule has 6 heteroatoms. The molecule has 3 rings (SSSR count). The molecule has 25 heavy (non-hydrogen) atoms. The Bertz CT molecular complexity index is 562. The zero-order valence-electron chi connectivity index (χ0n) is 15.7. The van der Waals surface area contributed by atoms with Gasteiger partial charge in [0.15, 0.2) is 0 Å². The van der Waals surface area contributed by atoms with E-state index in [9.17, 15) is 5.11 Å². The number of hydrogen-bond acceptors (Lipinski definition) is 6. The van der Waals surface area contributed by atoms with E-state index in [0.717, 1.165) is 75.9 Å². The first-order chi connectivity index (χ1) is 12.2. The third-order valence-corrected chi connectivity index (χ3v) is 5.59. The van der Waals surface area contributed by atoms with Gasteiger partial charge in [0.25, 0.3) is 0 Å². The molecule has 0 saturated carbocycles. The fourth-order valence-electron chi connectivity index (χ4n) is 4.16. The second-order valence-corrected chi connectivity index (χ2v) is 7.64. The normalized spacial score (nSPS) is 24.1. The van der Waals surface area contributed by atoms with Crippen LogP contribution in [-0.4, -0.2) is 61.6 Å². The molecule has 0 spiro atoms. The molecule has 2 saturated heterocycles. The van der Waals surface area contributed by atoms with E-state index in [-0.39, 0.29) is 12.0 Å². The molecule has 2 aliphatic rings. The lowest BCUT2D eigenvalue weighted by Crippen LogP contribution is -2.46. The van der Waals surface area contributed by atoms with Crippen molar-refractivity contribution in [3.05, 3.63) is 11.8 Å². The van der Waals surface area contributed by atoms with Crippen LogP contribution in [0.1, 0.15) is 44.2 Å². The summed E-state index contributed by atoms with van der Waals surface area (Å²) in [5.41, 5.74) is 0.982. The van der Waals surface area contributed by atoms with Crippen LogP contribution in [0.15, 0.2) is 6.07 Å². The van der Waals surface area contributed by atoms with Crippen molar-refractivity contribution in [3.8, 4) is 0 Å². The van der Waals surface area contributed by atoms with Crippen molar-refractivity contribution in [2.45, 2.75) is 45.4 Å². The number of aliphatic hydroxyl groups is 1. The van der Waals surface area contributed by atoms with E-state index < -0.39 is 0 Å². The molecule has 0 aliphatic carbocycles. The number of nitrogens with zero attached hydrogens (tertiary/aromatic N) is 4. The Morgan fingerprint density at radius 1 is 1.16 bits per heavy atom. The summed E-state index contributed by atoms with van der Waals surface area (Å²) in [6.07, 6.45) is 6.61. The van der Waals surface area contributed by atoms with Crippen LogP contribution in [0.5, 0.6) is 0 Å². The van der Waals surface area contributed by atoms with Gasteiger partial charge >= 0.3 is 0 Å². The van der Waals surface area contributed by atoms with E-state index in [1.54, 1.807) is 7.11 Å². The summed E-state index contributed by atoms with van der Waals surface area (Å²) in [6.45, 7) is 7.02. The summed E-state index contributed by atoms with van der Waals surface area (Å²) >= 11 is 0. The highest BCUT2D eigenvalue weighted by Gasteiger charge is 2.35. The van der Waals surface area contributed by atoms with E-state index in [1.807, 2.05) is 6.92 Å². The maximum atomic E-state index is 10.1. The monoisotopic (exact) mass is 348 g/mol. The standard InChI is InChI=1S/C19H32N4O2/c1-16-13-17(21-18(20-16)22-9-3-4-10-22)23-11-5-7-19(14-23,15-24)8-6-12-25-2/h13,24H,3-12,14-15H2,1-2H3. The van der Waals surface area contributed by atoms with Gasteiger partial charge in [-0.2, -0.15) is 4.98 Å². The van der Waals surface area contributed by atoms with Gasteiger partial charge in [-0.1, -0.05) is 0 Å². The number of aliphatic hydroxyl groups excluding tert-OH is 1. The van der Waals surface area contributed by atoms with Crippen LogP contribution in [0.2, 0.25) is 0 Å². The molecule has 0 radical (unpaired) electrons. The Kier molecular flexibility index (Phi) is 6.12. The predicted octanol–water partition coefficient (Wildman–Crippen LogP) is 2.39. The molecule has 3 heterocycles. The molecule has 1 aromatic rings. The molecule has 0 aromatic carbocycles. The van der Waals surface area contributed by atoms with E-state index in [1.165, 1.54) is 12.8 Å². The van der Waals surface area contributed by atoms with Gasteiger partial charge in [0, 0.05) is 57.1 Å². The molecule has 1 unspecified atom stereocenters. The first kappa shape index (κ1) is 18.4. The van der Waals surface area contributed by atoms with Crippen LogP contribution in [-0.2, 0) is 4.74 Å². The smallest absolute Gasteiger partial charge is 0.227 e. The zero-order valence-corrected chi connectivity index (χ0v) is 15.7. The number of anilines is 2. The van der Waals surface area contributed by atoms with Gasteiger partial charge in [0.2, 0.25) is 5.95 Å². The van der Waals surface area contributed by atoms with Gasteiger partial charge in [-0.25, -0.2) is 4.98 Å². The highest BCUT2D eigenvalue weighted by atomic mass is 16.5. The molecule has 2 fully saturated rings. The van der Waals surface area contributed by atoms with Crippen LogP contribution in [0.3, 0.4) is 0 Å². The first-order valence-electron chi connectivity index (χ1n) is 9.61. The third-order valence-electron chi connectivity index (χ3n) is 5.59. The largest absolute Gasteiger partial charge is 0.396 e. The average molecular weight is 348 g/mol. The van der Waals surface area contributed by atoms with Crippen molar-refractivity contribution < 1.29 is 9.84 Å². The SMILES string of the molecule is COCCCC1(CO)CCCN(c2cc(C)nc(N3CCCC3)n2)C1. The molecule has 1 aromatic heterocycles. The lowest BCUT2D eigenvalue weighted by atomic mass is 9.77. The van der Waals surface area contributed by atoms with Crippen molar-refractivity contribution in [1.29, 1.82) is 0 Å². The van der Waals surface area contributed by atoms with E-state index in [0.29, 0.717) is 0 Å². The minimum absolute atomic E-state index is 0.0383. The number of aryl methyl sites for hydroxylation is 1. The molecular weight excluding hydrogens is 316 g/mol. The number of hydrogen-bond donors (Lipinski definition) is 1. The summed E-state index contributed by atoms with van der Waals surface area (Å²) < 4.78 is 5.20. The maximum Gasteiger partial charge on any atom is 0.227 e. The fourth-order valence-corrected chi connectivity index (χ4v) is 4.16.